The second kappa shape index (κ2) is 8.01. The number of halogens is 1. The number of benzene rings is 2. The van der Waals surface area contributed by atoms with Gasteiger partial charge in [0.25, 0.3) is 5.91 Å². The summed E-state index contributed by atoms with van der Waals surface area (Å²) in [4.78, 5) is 24.3. The molecule has 1 heterocycles. The topological polar surface area (TPSA) is 77.8 Å². The second-order valence-corrected chi connectivity index (χ2v) is 5.95. The number of amides is 1. The number of aryl methyl sites for hydroxylation is 1. The Morgan fingerprint density at radius 3 is 2.70 bits per heavy atom. The van der Waals surface area contributed by atoms with Crippen LogP contribution in [0.15, 0.2) is 46.9 Å². The third kappa shape index (κ3) is 4.15. The van der Waals surface area contributed by atoms with Crippen LogP contribution in [0.4, 0.5) is 10.1 Å². The van der Waals surface area contributed by atoms with Crippen LogP contribution in [-0.4, -0.2) is 25.6 Å². The van der Waals surface area contributed by atoms with Crippen molar-refractivity contribution < 1.29 is 27.9 Å². The molecule has 0 aliphatic heterocycles. The fourth-order valence-corrected chi connectivity index (χ4v) is 2.66. The molecule has 1 amide bonds. The van der Waals surface area contributed by atoms with Crippen molar-refractivity contribution in [1.29, 1.82) is 0 Å². The van der Waals surface area contributed by atoms with Crippen molar-refractivity contribution in [3.8, 4) is 0 Å². The van der Waals surface area contributed by atoms with E-state index in [9.17, 15) is 14.0 Å². The molecule has 0 saturated heterocycles. The van der Waals surface area contributed by atoms with Gasteiger partial charge in [0.2, 0.25) is 5.76 Å². The number of methoxy groups -OCH3 is 1. The van der Waals surface area contributed by atoms with Gasteiger partial charge >= 0.3 is 5.97 Å². The normalized spacial score (nSPS) is 10.8. The minimum Gasteiger partial charge on any atom is -0.450 e. The number of nitrogens with one attached hydrogen (secondary N) is 1. The average molecular weight is 371 g/mol. The third-order valence-electron chi connectivity index (χ3n) is 3.91. The highest BCUT2D eigenvalue weighted by atomic mass is 19.1. The zero-order valence-electron chi connectivity index (χ0n) is 14.9. The molecule has 0 bridgehead atoms. The maximum Gasteiger partial charge on any atom is 0.375 e. The van der Waals surface area contributed by atoms with Crippen LogP contribution in [0.25, 0.3) is 11.0 Å². The monoisotopic (exact) mass is 371 g/mol. The van der Waals surface area contributed by atoms with E-state index in [2.05, 4.69) is 5.32 Å². The molecular formula is C20H18FNO5. The van der Waals surface area contributed by atoms with Crippen molar-refractivity contribution in [1.82, 2.24) is 0 Å². The van der Waals surface area contributed by atoms with E-state index in [0.29, 0.717) is 11.1 Å². The van der Waals surface area contributed by atoms with Gasteiger partial charge in [0.05, 0.1) is 12.3 Å². The van der Waals surface area contributed by atoms with Gasteiger partial charge in [-0.3, -0.25) is 4.79 Å². The van der Waals surface area contributed by atoms with Gasteiger partial charge in [-0.2, -0.15) is 0 Å². The molecule has 6 nitrogen and oxygen atoms in total. The highest BCUT2D eigenvalue weighted by Crippen LogP contribution is 2.27. The molecule has 0 spiro atoms. The molecule has 27 heavy (non-hydrogen) atoms. The quantitative estimate of drug-likeness (QED) is 0.667. The third-order valence-corrected chi connectivity index (χ3v) is 3.91. The number of furan rings is 1. The van der Waals surface area contributed by atoms with E-state index in [1.807, 2.05) is 6.07 Å². The predicted octanol–water partition coefficient (Wildman–Crippen LogP) is 3.82. The van der Waals surface area contributed by atoms with Crippen molar-refractivity contribution >= 4 is 28.5 Å². The summed E-state index contributed by atoms with van der Waals surface area (Å²) in [5, 5.41) is 3.10. The zero-order chi connectivity index (χ0) is 19.4. The Balaban J connectivity index is 1.69. The van der Waals surface area contributed by atoms with Crippen molar-refractivity contribution in [2.24, 2.45) is 0 Å². The zero-order valence-corrected chi connectivity index (χ0v) is 14.9. The summed E-state index contributed by atoms with van der Waals surface area (Å²) in [6.07, 6.45) is 0. The van der Waals surface area contributed by atoms with Crippen LogP contribution in [0.3, 0.4) is 0 Å². The van der Waals surface area contributed by atoms with E-state index in [1.54, 1.807) is 31.2 Å². The summed E-state index contributed by atoms with van der Waals surface area (Å²) in [7, 11) is 1.50. The maximum absolute atomic E-state index is 13.8. The number of carbonyl (C=O) groups is 2. The van der Waals surface area contributed by atoms with Gasteiger partial charge in [0.1, 0.15) is 11.4 Å². The number of para-hydroxylation sites is 1. The number of hydrogen-bond donors (Lipinski definition) is 1. The van der Waals surface area contributed by atoms with E-state index in [0.717, 1.165) is 10.9 Å². The van der Waals surface area contributed by atoms with E-state index >= 15 is 0 Å². The molecule has 0 saturated carbocycles. The minimum absolute atomic E-state index is 0.0189. The molecule has 3 aromatic rings. The van der Waals surface area contributed by atoms with Gasteiger partial charge in [-0.25, -0.2) is 9.18 Å². The van der Waals surface area contributed by atoms with Gasteiger partial charge in [-0.05, 0) is 30.7 Å². The van der Waals surface area contributed by atoms with Crippen molar-refractivity contribution in [2.75, 3.05) is 19.0 Å². The van der Waals surface area contributed by atoms with Crippen molar-refractivity contribution in [3.63, 3.8) is 0 Å². The number of fused-ring (bicyclic) bond motifs is 1. The molecule has 7 heteroatoms. The summed E-state index contributed by atoms with van der Waals surface area (Å²) >= 11 is 0. The second-order valence-electron chi connectivity index (χ2n) is 5.95. The number of esters is 1. The lowest BCUT2D eigenvalue weighted by Crippen LogP contribution is -2.21. The lowest BCUT2D eigenvalue weighted by Gasteiger charge is -2.08. The van der Waals surface area contributed by atoms with E-state index in [4.69, 9.17) is 13.9 Å². The highest BCUT2D eigenvalue weighted by molar-refractivity contribution is 5.98. The Labute approximate surface area is 154 Å². The molecule has 140 valence electrons. The first-order valence-electron chi connectivity index (χ1n) is 8.22. The minimum atomic E-state index is -0.794. The largest absolute Gasteiger partial charge is 0.450 e. The Hall–Kier alpha value is -3.19. The highest BCUT2D eigenvalue weighted by Gasteiger charge is 2.22. The number of hydrogen-bond acceptors (Lipinski definition) is 5. The Kier molecular flexibility index (Phi) is 5.52. The smallest absolute Gasteiger partial charge is 0.375 e. The summed E-state index contributed by atoms with van der Waals surface area (Å²) in [5.41, 5.74) is 1.81. The van der Waals surface area contributed by atoms with Crippen LogP contribution in [-0.2, 0) is 20.9 Å². The first-order valence-corrected chi connectivity index (χ1v) is 8.22. The van der Waals surface area contributed by atoms with Crippen molar-refractivity contribution in [2.45, 2.75) is 13.5 Å². The molecule has 1 N–H and O–H groups in total. The van der Waals surface area contributed by atoms with E-state index in [-0.39, 0.29) is 18.1 Å². The van der Waals surface area contributed by atoms with Gasteiger partial charge in [-0.1, -0.05) is 24.3 Å². The molecule has 0 atom stereocenters. The fourth-order valence-electron chi connectivity index (χ4n) is 2.66. The number of carbonyl (C=O) groups excluding carboxylic acids is 2. The first-order chi connectivity index (χ1) is 13.0. The molecule has 2 aromatic carbocycles. The fraction of sp³-hybridized carbons (Fsp3) is 0.200. The van der Waals surface area contributed by atoms with Crippen LogP contribution in [0.1, 0.15) is 21.7 Å². The Bertz CT molecular complexity index is 995. The number of anilines is 1. The van der Waals surface area contributed by atoms with E-state index < -0.39 is 24.3 Å². The summed E-state index contributed by atoms with van der Waals surface area (Å²) in [6, 6.07) is 11.5. The van der Waals surface area contributed by atoms with Gasteiger partial charge in [0, 0.05) is 18.1 Å². The van der Waals surface area contributed by atoms with Crippen LogP contribution < -0.4 is 5.32 Å². The molecule has 0 unspecified atom stereocenters. The number of ether oxygens (including phenoxy) is 2. The molecule has 3 rings (SSSR count). The van der Waals surface area contributed by atoms with Crippen LogP contribution in [0, 0.1) is 12.7 Å². The lowest BCUT2D eigenvalue weighted by molar-refractivity contribution is -0.119. The molecule has 0 aliphatic rings. The van der Waals surface area contributed by atoms with Crippen LogP contribution >= 0.6 is 0 Å². The van der Waals surface area contributed by atoms with Gasteiger partial charge in [0.15, 0.2) is 6.61 Å². The lowest BCUT2D eigenvalue weighted by atomic mass is 10.1. The standard InChI is InChI=1S/C20H18FNO5/c1-12-7-8-16(15(21)9-12)22-18(23)11-26-20(24)19-14(10-25-2)13-5-3-4-6-17(13)27-19/h3-9H,10-11H2,1-2H3,(H,22,23). The Morgan fingerprint density at radius 2 is 1.96 bits per heavy atom. The molecule has 0 aliphatic carbocycles. The summed E-state index contributed by atoms with van der Waals surface area (Å²) in [6.45, 7) is 1.32. The number of rotatable bonds is 6. The van der Waals surface area contributed by atoms with E-state index in [1.165, 1.54) is 19.2 Å². The van der Waals surface area contributed by atoms with Crippen molar-refractivity contribution in [3.05, 3.63) is 65.2 Å². The van der Waals surface area contributed by atoms with Gasteiger partial charge < -0.3 is 19.2 Å². The Morgan fingerprint density at radius 1 is 1.19 bits per heavy atom. The first kappa shape index (κ1) is 18.6. The maximum atomic E-state index is 13.8. The van der Waals surface area contributed by atoms with Gasteiger partial charge in [-0.15, -0.1) is 0 Å². The molecule has 0 fully saturated rings. The average Bonchev–Trinajstić information content (AvgIpc) is 3.01. The van der Waals surface area contributed by atoms with Crippen LogP contribution in [0.5, 0.6) is 0 Å². The molecule has 1 aromatic heterocycles. The SMILES string of the molecule is COCc1c(C(=O)OCC(=O)Nc2ccc(C)cc2F)oc2ccccc12. The molecular weight excluding hydrogens is 353 g/mol. The molecule has 0 radical (unpaired) electrons. The van der Waals surface area contributed by atoms with Crippen LogP contribution in [0.2, 0.25) is 0 Å². The summed E-state index contributed by atoms with van der Waals surface area (Å²) < 4.78 is 29.5. The summed E-state index contributed by atoms with van der Waals surface area (Å²) in [5.74, 6) is -2.03. The predicted molar refractivity (Wildman–Crippen MR) is 97.0 cm³/mol.